The van der Waals surface area contributed by atoms with Gasteiger partial charge in [0, 0.05) is 59.6 Å². The summed E-state index contributed by atoms with van der Waals surface area (Å²) in [5.74, 6) is 0.0297. The van der Waals surface area contributed by atoms with Gasteiger partial charge in [0.2, 0.25) is 0 Å². The molecule has 54 heavy (non-hydrogen) atoms. The van der Waals surface area contributed by atoms with Crippen molar-refractivity contribution in [2.45, 2.75) is 115 Å². The van der Waals surface area contributed by atoms with Crippen molar-refractivity contribution in [3.05, 3.63) is 40.8 Å². The maximum Gasteiger partial charge on any atom is 0.410 e. The lowest BCUT2D eigenvalue weighted by Crippen LogP contribution is -2.57. The number of hydrogen-bond donors (Lipinski definition) is 0. The molecule has 0 N–H and O–H groups in total. The molecule has 4 aromatic rings. The number of ether oxygens (including phenoxy) is 3. The molecule has 2 aromatic heterocycles. The van der Waals surface area contributed by atoms with Crippen molar-refractivity contribution in [3.63, 3.8) is 0 Å². The normalized spacial score (nSPS) is 27.3. The fourth-order valence-corrected chi connectivity index (χ4v) is 9.91. The van der Waals surface area contributed by atoms with E-state index in [-0.39, 0.29) is 42.5 Å². The molecule has 5 aliphatic rings. The van der Waals surface area contributed by atoms with Crippen molar-refractivity contribution in [2.75, 3.05) is 44.3 Å². The number of hydrogen-bond acceptors (Lipinski definition) is 9. The van der Waals surface area contributed by atoms with E-state index >= 15 is 4.39 Å². The summed E-state index contributed by atoms with van der Waals surface area (Å²) in [5.41, 5.74) is 1.59. The Morgan fingerprint density at radius 3 is 2.61 bits per heavy atom. The van der Waals surface area contributed by atoms with Gasteiger partial charge in [0.15, 0.2) is 12.0 Å². The van der Waals surface area contributed by atoms with Gasteiger partial charge in [-0.15, -0.1) is 0 Å². The molecule has 0 radical (unpaired) electrons. The number of nitrogens with zero attached hydrogens (tertiary/aromatic N) is 7. The SMILES string of the molecule is Cc1c(Cl)cc2c(cnn2C2CCCCO2)c1-c1ccc2c(N3CC4CCC(C3)N4C(=O)OC(C)(C)C)nc(OC[C@@]34CCCN3C[C@H](F)C4)nc2c1F. The van der Waals surface area contributed by atoms with Gasteiger partial charge < -0.3 is 19.1 Å². The Labute approximate surface area is 318 Å². The van der Waals surface area contributed by atoms with Gasteiger partial charge in [-0.1, -0.05) is 17.7 Å². The molecule has 0 spiro atoms. The average Bonchev–Trinajstić information content (AvgIpc) is 3.87. The van der Waals surface area contributed by atoms with Crippen LogP contribution in [0.1, 0.15) is 83.9 Å². The molecule has 5 saturated heterocycles. The van der Waals surface area contributed by atoms with Gasteiger partial charge in [-0.25, -0.2) is 18.3 Å². The topological polar surface area (TPSA) is 98.1 Å². The highest BCUT2D eigenvalue weighted by Crippen LogP contribution is 2.44. The van der Waals surface area contributed by atoms with Gasteiger partial charge >= 0.3 is 12.1 Å². The second kappa shape index (κ2) is 13.4. The Morgan fingerprint density at radius 2 is 1.87 bits per heavy atom. The summed E-state index contributed by atoms with van der Waals surface area (Å²) >= 11 is 6.87. The number of benzene rings is 2. The largest absolute Gasteiger partial charge is 0.461 e. The highest BCUT2D eigenvalue weighted by atomic mass is 35.5. The Balaban J connectivity index is 1.13. The van der Waals surface area contributed by atoms with Crippen molar-refractivity contribution in [3.8, 4) is 17.1 Å². The number of fused-ring (bicyclic) bond motifs is 5. The molecular weight excluding hydrogens is 716 g/mol. The van der Waals surface area contributed by atoms with Gasteiger partial charge in [-0.2, -0.15) is 15.1 Å². The summed E-state index contributed by atoms with van der Waals surface area (Å²) in [5, 5.41) is 6.53. The van der Waals surface area contributed by atoms with Gasteiger partial charge in [0.25, 0.3) is 0 Å². The number of alkyl halides is 1. The third kappa shape index (κ3) is 6.14. The van der Waals surface area contributed by atoms with Crippen molar-refractivity contribution >= 4 is 45.3 Å². The fourth-order valence-electron chi connectivity index (χ4n) is 9.71. The molecule has 0 aliphatic carbocycles. The van der Waals surface area contributed by atoms with Crippen LogP contribution in [0.25, 0.3) is 32.9 Å². The first-order chi connectivity index (χ1) is 25.9. The second-order valence-corrected chi connectivity index (χ2v) is 17.3. The second-order valence-electron chi connectivity index (χ2n) is 16.9. The lowest BCUT2D eigenvalue weighted by atomic mass is 9.95. The van der Waals surface area contributed by atoms with Crippen LogP contribution in [-0.2, 0) is 9.47 Å². The number of halogens is 3. The molecule has 7 heterocycles. The number of amides is 1. The van der Waals surface area contributed by atoms with E-state index in [1.807, 2.05) is 49.4 Å². The smallest absolute Gasteiger partial charge is 0.410 e. The lowest BCUT2D eigenvalue weighted by Gasteiger charge is -2.42. The zero-order valence-corrected chi connectivity index (χ0v) is 32.2. The summed E-state index contributed by atoms with van der Waals surface area (Å²) in [7, 11) is 0. The van der Waals surface area contributed by atoms with E-state index in [0.29, 0.717) is 60.0 Å². The van der Waals surface area contributed by atoms with E-state index in [2.05, 4.69) is 9.80 Å². The molecule has 9 rings (SSSR count). The quantitative estimate of drug-likeness (QED) is 0.194. The van der Waals surface area contributed by atoms with Crippen molar-refractivity contribution in [2.24, 2.45) is 0 Å². The van der Waals surface area contributed by atoms with Gasteiger partial charge in [0.1, 0.15) is 29.7 Å². The predicted octanol–water partition coefficient (Wildman–Crippen LogP) is 7.99. The average molecular weight is 764 g/mol. The Kier molecular flexibility index (Phi) is 8.93. The predicted molar refractivity (Wildman–Crippen MR) is 202 cm³/mol. The molecule has 1 amide bonds. The summed E-state index contributed by atoms with van der Waals surface area (Å²) < 4.78 is 52.2. The van der Waals surface area contributed by atoms with E-state index in [9.17, 15) is 9.18 Å². The lowest BCUT2D eigenvalue weighted by molar-refractivity contribution is -0.0366. The Hall–Kier alpha value is -3.81. The first-order valence-corrected chi connectivity index (χ1v) is 19.8. The molecule has 2 bridgehead atoms. The number of carbonyl (C=O) groups excluding carboxylic acids is 1. The fraction of sp³-hybridized carbons (Fsp3) is 0.600. The van der Waals surface area contributed by atoms with Gasteiger partial charge in [0.05, 0.1) is 29.3 Å². The summed E-state index contributed by atoms with van der Waals surface area (Å²) in [6, 6.07) is 5.41. The summed E-state index contributed by atoms with van der Waals surface area (Å²) in [4.78, 5) is 29.2. The highest BCUT2D eigenvalue weighted by Gasteiger charge is 2.50. The van der Waals surface area contributed by atoms with Crippen LogP contribution >= 0.6 is 11.6 Å². The number of piperazine rings is 1. The van der Waals surface area contributed by atoms with Crippen LogP contribution in [0.3, 0.4) is 0 Å². The Morgan fingerprint density at radius 1 is 1.07 bits per heavy atom. The minimum Gasteiger partial charge on any atom is -0.461 e. The minimum atomic E-state index is -0.912. The first kappa shape index (κ1) is 35.9. The van der Waals surface area contributed by atoms with Crippen molar-refractivity contribution in [1.29, 1.82) is 0 Å². The molecule has 288 valence electrons. The molecule has 5 atom stereocenters. The van der Waals surface area contributed by atoms with Crippen LogP contribution in [0.5, 0.6) is 6.01 Å². The maximum atomic E-state index is 17.4. The van der Waals surface area contributed by atoms with Crippen LogP contribution in [0.15, 0.2) is 24.4 Å². The van der Waals surface area contributed by atoms with Crippen LogP contribution in [0.4, 0.5) is 19.4 Å². The maximum absolute atomic E-state index is 17.4. The van der Waals surface area contributed by atoms with E-state index < -0.39 is 23.1 Å². The molecular formula is C40H48ClF2N7O4. The van der Waals surface area contributed by atoms with E-state index in [0.717, 1.165) is 68.0 Å². The number of anilines is 1. The monoisotopic (exact) mass is 763 g/mol. The molecule has 5 aliphatic heterocycles. The third-order valence-corrected chi connectivity index (χ3v) is 12.6. The van der Waals surface area contributed by atoms with Crippen LogP contribution in [-0.4, -0.2) is 104 Å². The summed E-state index contributed by atoms with van der Waals surface area (Å²) in [6.45, 7) is 10.6. The molecule has 5 fully saturated rings. The standard InChI is InChI=1S/C40H48ClF2N7O4/c1-23-30(41)16-31-29(18-44-50(31)32-8-5-6-15-52-32)33(23)27-11-12-28-35(34(27)43)45-37(53-22-40-13-7-14-48(40)19-24(42)17-40)46-36(28)47-20-25-9-10-26(21-47)49(25)38(51)54-39(2,3)4/h11-12,16,18,24-26,32H,5-10,13-15,17,19-22H2,1-4H3/t24-,25?,26?,32?,40+/m1/s1. The van der Waals surface area contributed by atoms with Gasteiger partial charge in [-0.3, -0.25) is 9.80 Å². The van der Waals surface area contributed by atoms with Crippen molar-refractivity contribution in [1.82, 2.24) is 29.5 Å². The number of carbonyl (C=O) groups is 1. The Bertz CT molecular complexity index is 2110. The molecule has 0 saturated carbocycles. The van der Waals surface area contributed by atoms with Crippen LogP contribution in [0, 0.1) is 12.7 Å². The molecule has 2 aromatic carbocycles. The third-order valence-electron chi connectivity index (χ3n) is 12.2. The van der Waals surface area contributed by atoms with Crippen LogP contribution < -0.4 is 9.64 Å². The van der Waals surface area contributed by atoms with Gasteiger partial charge in [-0.05, 0) is 96.9 Å². The minimum absolute atomic E-state index is 0.0502. The van der Waals surface area contributed by atoms with Crippen molar-refractivity contribution < 1.29 is 27.8 Å². The molecule has 11 nitrogen and oxygen atoms in total. The first-order valence-electron chi connectivity index (χ1n) is 19.5. The molecule has 3 unspecified atom stereocenters. The van der Waals surface area contributed by atoms with E-state index in [1.165, 1.54) is 0 Å². The van der Waals surface area contributed by atoms with Crippen LogP contribution in [0.2, 0.25) is 5.02 Å². The number of aromatic nitrogens is 4. The zero-order valence-electron chi connectivity index (χ0n) is 31.4. The molecule has 14 heteroatoms. The number of rotatable bonds is 6. The highest BCUT2D eigenvalue weighted by molar-refractivity contribution is 6.33. The van der Waals surface area contributed by atoms with E-state index in [1.54, 1.807) is 12.3 Å². The zero-order chi connectivity index (χ0) is 37.5. The summed E-state index contributed by atoms with van der Waals surface area (Å²) in [6.07, 6.45) is 7.06. The van der Waals surface area contributed by atoms with E-state index in [4.69, 9.17) is 40.9 Å².